The molecule has 0 bridgehead atoms. The Balaban J connectivity index is 1.60. The second-order valence-electron chi connectivity index (χ2n) is 8.72. The molecule has 0 spiro atoms. The second-order valence-corrected chi connectivity index (χ2v) is 8.72. The van der Waals surface area contributed by atoms with Gasteiger partial charge in [0.1, 0.15) is 23.5 Å². The van der Waals surface area contributed by atoms with Gasteiger partial charge >= 0.3 is 0 Å². The van der Waals surface area contributed by atoms with Crippen molar-refractivity contribution in [3.63, 3.8) is 0 Å². The maximum atomic E-state index is 10.6. The van der Waals surface area contributed by atoms with Crippen LogP contribution in [0.5, 0.6) is 11.5 Å². The smallest absolute Gasteiger partial charge is 0.186 e. The highest BCUT2D eigenvalue weighted by Gasteiger charge is 2.35. The van der Waals surface area contributed by atoms with E-state index >= 15 is 0 Å². The van der Waals surface area contributed by atoms with Crippen molar-refractivity contribution < 1.29 is 14.6 Å². The van der Waals surface area contributed by atoms with Gasteiger partial charge in [-0.2, -0.15) is 0 Å². The van der Waals surface area contributed by atoms with E-state index in [2.05, 4.69) is 22.8 Å². The quantitative estimate of drug-likeness (QED) is 0.669. The van der Waals surface area contributed by atoms with Crippen LogP contribution in [0.1, 0.15) is 56.7 Å². The number of fused-ring (bicyclic) bond motifs is 1. The number of phenolic OH excluding ortho intramolecular Hbond substituents is 1. The van der Waals surface area contributed by atoms with E-state index in [-0.39, 0.29) is 12.1 Å². The maximum Gasteiger partial charge on any atom is 0.186 e. The lowest BCUT2D eigenvalue weighted by atomic mass is 9.70. The number of methoxy groups -OCH3 is 2. The van der Waals surface area contributed by atoms with Gasteiger partial charge in [-0.1, -0.05) is 24.1 Å². The van der Waals surface area contributed by atoms with E-state index in [4.69, 9.17) is 14.5 Å². The predicted molar refractivity (Wildman–Crippen MR) is 121 cm³/mol. The van der Waals surface area contributed by atoms with E-state index in [1.54, 1.807) is 25.9 Å². The van der Waals surface area contributed by atoms with Gasteiger partial charge < -0.3 is 19.9 Å². The molecule has 5 rings (SSSR count). The summed E-state index contributed by atoms with van der Waals surface area (Å²) in [5.74, 6) is 2.27. The zero-order chi connectivity index (χ0) is 21.4. The minimum atomic E-state index is -0.410. The lowest BCUT2D eigenvalue weighted by molar-refractivity contribution is 0.0461. The minimum absolute atomic E-state index is 0.161. The van der Waals surface area contributed by atoms with Gasteiger partial charge in [-0.15, -0.1) is 0 Å². The Kier molecular flexibility index (Phi) is 5.59. The van der Waals surface area contributed by atoms with Crippen LogP contribution < -0.4 is 15.4 Å². The van der Waals surface area contributed by atoms with Gasteiger partial charge in [0.2, 0.25) is 0 Å². The van der Waals surface area contributed by atoms with Crippen molar-refractivity contribution in [3.05, 3.63) is 58.2 Å². The molecule has 1 saturated carbocycles. The summed E-state index contributed by atoms with van der Waals surface area (Å²) in [6.07, 6.45) is 12.1. The van der Waals surface area contributed by atoms with Crippen LogP contribution in [0.15, 0.2) is 57.6 Å². The lowest BCUT2D eigenvalue weighted by Gasteiger charge is -2.39. The first-order valence-corrected chi connectivity index (χ1v) is 11.3. The molecule has 0 saturated heterocycles. The van der Waals surface area contributed by atoms with E-state index in [0.717, 1.165) is 31.5 Å². The minimum Gasteiger partial charge on any atom is -0.507 e. The van der Waals surface area contributed by atoms with E-state index < -0.39 is 6.17 Å². The third-order valence-corrected chi connectivity index (χ3v) is 6.94. The Morgan fingerprint density at radius 1 is 1.16 bits per heavy atom. The molecule has 4 aliphatic rings. The largest absolute Gasteiger partial charge is 0.507 e. The summed E-state index contributed by atoms with van der Waals surface area (Å²) >= 11 is 0. The van der Waals surface area contributed by atoms with Gasteiger partial charge in [-0.25, -0.2) is 10.3 Å². The number of aliphatic imine (C=N–C) groups is 1. The monoisotopic (exact) mass is 421 g/mol. The summed E-state index contributed by atoms with van der Waals surface area (Å²) < 4.78 is 10.9. The average molecular weight is 422 g/mol. The van der Waals surface area contributed by atoms with Gasteiger partial charge in [0.15, 0.2) is 6.35 Å². The molecule has 3 aliphatic carbocycles. The van der Waals surface area contributed by atoms with Crippen molar-refractivity contribution in [2.75, 3.05) is 14.2 Å². The van der Waals surface area contributed by atoms with Crippen molar-refractivity contribution >= 4 is 5.84 Å². The molecule has 6 nitrogen and oxygen atoms in total. The summed E-state index contributed by atoms with van der Waals surface area (Å²) in [4.78, 5) is 5.07. The van der Waals surface area contributed by atoms with Crippen molar-refractivity contribution in [2.45, 2.75) is 57.5 Å². The van der Waals surface area contributed by atoms with Crippen molar-refractivity contribution in [2.24, 2.45) is 10.9 Å². The molecule has 3 N–H and O–H groups in total. The highest BCUT2D eigenvalue weighted by atomic mass is 16.5. The molecular formula is C25H31N3O3. The molecule has 164 valence electrons. The molecule has 0 amide bonds. The third-order valence-electron chi connectivity index (χ3n) is 6.94. The Labute approximate surface area is 183 Å². The molecule has 1 aromatic rings. The van der Waals surface area contributed by atoms with E-state index in [1.807, 2.05) is 12.1 Å². The number of nitrogens with one attached hydrogen (secondary N) is 2. The number of rotatable bonds is 4. The molecule has 1 aromatic carbocycles. The number of hydrogen-bond donors (Lipinski definition) is 3. The SMILES string of the molecule is COc1ccc(C2N=C(C3=C4CCCCC4CC4=C3CCC=C4)NC(OC)N2)c(O)c1. The van der Waals surface area contributed by atoms with Crippen LogP contribution in [-0.2, 0) is 4.74 Å². The molecule has 31 heavy (non-hydrogen) atoms. The first-order valence-electron chi connectivity index (χ1n) is 11.3. The average Bonchev–Trinajstić information content (AvgIpc) is 2.82. The molecule has 3 unspecified atom stereocenters. The van der Waals surface area contributed by atoms with Crippen LogP contribution >= 0.6 is 0 Å². The number of ether oxygens (including phenoxy) is 2. The fourth-order valence-electron chi connectivity index (χ4n) is 5.40. The van der Waals surface area contributed by atoms with Crippen molar-refractivity contribution in [3.8, 4) is 11.5 Å². The van der Waals surface area contributed by atoms with Crippen LogP contribution in [0.2, 0.25) is 0 Å². The van der Waals surface area contributed by atoms with Gasteiger partial charge in [-0.3, -0.25) is 0 Å². The number of benzene rings is 1. The summed E-state index contributed by atoms with van der Waals surface area (Å²) in [5, 5.41) is 17.4. The van der Waals surface area contributed by atoms with Crippen LogP contribution in [0.4, 0.5) is 0 Å². The Morgan fingerprint density at radius 2 is 2.06 bits per heavy atom. The molecule has 3 atom stereocenters. The summed E-state index contributed by atoms with van der Waals surface area (Å²) in [7, 11) is 3.27. The predicted octanol–water partition coefficient (Wildman–Crippen LogP) is 4.46. The number of allylic oxidation sites excluding steroid dienone is 4. The molecule has 1 fully saturated rings. The zero-order valence-electron chi connectivity index (χ0n) is 18.3. The van der Waals surface area contributed by atoms with Crippen LogP contribution in [0.3, 0.4) is 0 Å². The third kappa shape index (κ3) is 3.79. The number of amidine groups is 1. The molecule has 0 aromatic heterocycles. The molecular weight excluding hydrogens is 390 g/mol. The first-order chi connectivity index (χ1) is 15.2. The van der Waals surface area contributed by atoms with Gasteiger partial charge in [0.25, 0.3) is 0 Å². The molecule has 1 aliphatic heterocycles. The Morgan fingerprint density at radius 3 is 2.87 bits per heavy atom. The van der Waals surface area contributed by atoms with Crippen LogP contribution in [0, 0.1) is 5.92 Å². The highest BCUT2D eigenvalue weighted by Crippen LogP contribution is 2.46. The fourth-order valence-corrected chi connectivity index (χ4v) is 5.40. The Hall–Kier alpha value is -2.57. The fraction of sp³-hybridized carbons (Fsp3) is 0.480. The summed E-state index contributed by atoms with van der Waals surface area (Å²) in [5.41, 5.74) is 6.48. The van der Waals surface area contributed by atoms with Crippen molar-refractivity contribution in [1.82, 2.24) is 10.6 Å². The summed E-state index contributed by atoms with van der Waals surface area (Å²) in [6.45, 7) is 0. The highest BCUT2D eigenvalue weighted by molar-refractivity contribution is 6.04. The number of aromatic hydroxyl groups is 1. The Bertz CT molecular complexity index is 992. The van der Waals surface area contributed by atoms with Gasteiger partial charge in [-0.05, 0) is 67.7 Å². The second kappa shape index (κ2) is 8.52. The molecule has 6 heteroatoms. The maximum absolute atomic E-state index is 10.6. The van der Waals surface area contributed by atoms with E-state index in [1.165, 1.54) is 36.0 Å². The normalized spacial score (nSPS) is 27.9. The van der Waals surface area contributed by atoms with Gasteiger partial charge in [0.05, 0.1) is 7.11 Å². The molecule has 0 radical (unpaired) electrons. The van der Waals surface area contributed by atoms with Crippen LogP contribution in [0.25, 0.3) is 0 Å². The topological polar surface area (TPSA) is 75.1 Å². The number of nitrogens with zero attached hydrogens (tertiary/aromatic N) is 1. The van der Waals surface area contributed by atoms with Gasteiger partial charge in [0, 0.05) is 24.3 Å². The summed E-state index contributed by atoms with van der Waals surface area (Å²) in [6, 6.07) is 5.34. The zero-order valence-corrected chi connectivity index (χ0v) is 18.3. The number of hydrogen-bond acceptors (Lipinski definition) is 6. The van der Waals surface area contributed by atoms with Crippen molar-refractivity contribution in [1.29, 1.82) is 0 Å². The number of phenols is 1. The van der Waals surface area contributed by atoms with Crippen LogP contribution in [-0.4, -0.2) is 31.5 Å². The standard InChI is InChI=1S/C25H31N3O3/c1-30-17-11-12-20(21(29)14-17)23-26-24(28-25(27-23)31-2)22-18-9-5-3-7-15(18)13-16-8-4-6-10-19(16)22/h3,7,11-12,14,16,23,25,27,29H,4-6,8-10,13H2,1-2H3,(H,26,28). The first kappa shape index (κ1) is 20.3. The lowest BCUT2D eigenvalue weighted by Crippen LogP contribution is -2.53. The molecule has 1 heterocycles. The van der Waals surface area contributed by atoms with E-state index in [0.29, 0.717) is 17.2 Å². The van der Waals surface area contributed by atoms with E-state index in [9.17, 15) is 5.11 Å².